The first-order chi connectivity index (χ1) is 10.9. The fraction of sp³-hybridized carbons (Fsp3) is 0.467. The summed E-state index contributed by atoms with van der Waals surface area (Å²) in [5, 5.41) is 13.5. The molecule has 1 heterocycles. The second-order valence-electron chi connectivity index (χ2n) is 5.51. The number of nitro benzene ring substituents is 1. The molecular formula is C15H20N4O4. The van der Waals surface area contributed by atoms with Gasteiger partial charge >= 0.3 is 0 Å². The lowest BCUT2D eigenvalue weighted by atomic mass is 10.2. The van der Waals surface area contributed by atoms with Crippen LogP contribution < -0.4 is 5.32 Å². The summed E-state index contributed by atoms with van der Waals surface area (Å²) >= 11 is 0. The Bertz CT molecular complexity index is 611. The average Bonchev–Trinajstić information content (AvgIpc) is 2.54. The summed E-state index contributed by atoms with van der Waals surface area (Å²) in [6.07, 6.45) is 0. The Morgan fingerprint density at radius 2 is 1.91 bits per heavy atom. The van der Waals surface area contributed by atoms with Crippen molar-refractivity contribution in [1.29, 1.82) is 0 Å². The third-order valence-corrected chi connectivity index (χ3v) is 4.01. The monoisotopic (exact) mass is 320 g/mol. The molecule has 2 rings (SSSR count). The van der Waals surface area contributed by atoms with Crippen molar-refractivity contribution in [3.05, 3.63) is 34.4 Å². The quantitative estimate of drug-likeness (QED) is 0.661. The van der Waals surface area contributed by atoms with Crippen LogP contribution in [0.5, 0.6) is 0 Å². The Hall–Kier alpha value is -2.48. The molecule has 0 spiro atoms. The van der Waals surface area contributed by atoms with Crippen molar-refractivity contribution in [2.24, 2.45) is 0 Å². The molecule has 0 radical (unpaired) electrons. The van der Waals surface area contributed by atoms with Crippen molar-refractivity contribution < 1.29 is 14.5 Å². The highest BCUT2D eigenvalue weighted by Crippen LogP contribution is 2.18. The second kappa shape index (κ2) is 7.19. The number of nitro groups is 1. The van der Waals surface area contributed by atoms with Gasteiger partial charge in [0, 0.05) is 50.9 Å². The van der Waals surface area contributed by atoms with Gasteiger partial charge in [-0.2, -0.15) is 0 Å². The zero-order valence-electron chi connectivity index (χ0n) is 13.2. The minimum atomic E-state index is -0.500. The smallest absolute Gasteiger partial charge is 0.271 e. The normalized spacial score (nSPS) is 16.7. The Balaban J connectivity index is 1.94. The molecule has 1 N–H and O–H groups in total. The highest BCUT2D eigenvalue weighted by Gasteiger charge is 2.26. The molecule has 0 bridgehead atoms. The van der Waals surface area contributed by atoms with E-state index in [2.05, 4.69) is 5.32 Å². The lowest BCUT2D eigenvalue weighted by Gasteiger charge is -2.37. The predicted molar refractivity (Wildman–Crippen MR) is 85.0 cm³/mol. The van der Waals surface area contributed by atoms with Gasteiger partial charge in [-0.15, -0.1) is 0 Å². The molecule has 0 aliphatic carbocycles. The number of nitrogens with one attached hydrogen (secondary N) is 1. The number of carbonyl (C=O) groups is 2. The van der Waals surface area contributed by atoms with Crippen LogP contribution in [0.2, 0.25) is 0 Å². The van der Waals surface area contributed by atoms with Gasteiger partial charge in [0.25, 0.3) is 5.69 Å². The van der Waals surface area contributed by atoms with Crippen LogP contribution in [0.4, 0.5) is 11.4 Å². The maximum atomic E-state index is 12.3. The molecule has 1 aliphatic rings. The van der Waals surface area contributed by atoms with Gasteiger partial charge in [0.05, 0.1) is 11.0 Å². The molecule has 2 amide bonds. The molecule has 1 aromatic rings. The van der Waals surface area contributed by atoms with Crippen LogP contribution >= 0.6 is 0 Å². The van der Waals surface area contributed by atoms with Crippen LogP contribution in [0.3, 0.4) is 0 Å². The Kier molecular flexibility index (Phi) is 5.28. The van der Waals surface area contributed by atoms with Gasteiger partial charge in [-0.1, -0.05) is 6.07 Å². The van der Waals surface area contributed by atoms with E-state index in [0.29, 0.717) is 31.9 Å². The molecule has 1 atom stereocenters. The Morgan fingerprint density at radius 3 is 2.48 bits per heavy atom. The summed E-state index contributed by atoms with van der Waals surface area (Å²) in [5.41, 5.74) is 0.337. The van der Waals surface area contributed by atoms with Crippen molar-refractivity contribution in [2.75, 3.05) is 31.5 Å². The topological polar surface area (TPSA) is 95.8 Å². The molecule has 23 heavy (non-hydrogen) atoms. The number of rotatable bonds is 4. The molecular weight excluding hydrogens is 300 g/mol. The van der Waals surface area contributed by atoms with Crippen molar-refractivity contribution in [3.63, 3.8) is 0 Å². The Morgan fingerprint density at radius 1 is 1.26 bits per heavy atom. The maximum Gasteiger partial charge on any atom is 0.271 e. The van der Waals surface area contributed by atoms with Gasteiger partial charge in [0.15, 0.2) is 0 Å². The molecule has 0 saturated carbocycles. The first-order valence-electron chi connectivity index (χ1n) is 7.43. The van der Waals surface area contributed by atoms with E-state index in [1.54, 1.807) is 17.9 Å². The zero-order chi connectivity index (χ0) is 17.0. The zero-order valence-corrected chi connectivity index (χ0v) is 13.2. The first kappa shape index (κ1) is 16.9. The summed E-state index contributed by atoms with van der Waals surface area (Å²) in [6, 6.07) is 5.48. The molecule has 1 unspecified atom stereocenters. The maximum absolute atomic E-state index is 12.3. The molecule has 1 fully saturated rings. The number of amides is 2. The van der Waals surface area contributed by atoms with E-state index < -0.39 is 4.92 Å². The van der Waals surface area contributed by atoms with Gasteiger partial charge in [-0.3, -0.25) is 24.6 Å². The minimum Gasteiger partial charge on any atom is -0.340 e. The summed E-state index contributed by atoms with van der Waals surface area (Å²) in [7, 11) is 0. The van der Waals surface area contributed by atoms with Crippen molar-refractivity contribution in [3.8, 4) is 0 Å². The largest absolute Gasteiger partial charge is 0.340 e. The van der Waals surface area contributed by atoms with Crippen LogP contribution in [0, 0.1) is 10.1 Å². The lowest BCUT2D eigenvalue weighted by Crippen LogP contribution is -2.53. The number of carbonyl (C=O) groups excluding carboxylic acids is 2. The fourth-order valence-corrected chi connectivity index (χ4v) is 2.53. The first-order valence-corrected chi connectivity index (χ1v) is 7.43. The van der Waals surface area contributed by atoms with Crippen LogP contribution in [0.1, 0.15) is 13.8 Å². The number of anilines is 1. The number of benzene rings is 1. The van der Waals surface area contributed by atoms with E-state index in [1.807, 2.05) is 4.90 Å². The highest BCUT2D eigenvalue weighted by molar-refractivity contribution is 5.94. The predicted octanol–water partition coefficient (Wildman–Crippen LogP) is 1.09. The molecule has 1 saturated heterocycles. The summed E-state index contributed by atoms with van der Waals surface area (Å²) in [4.78, 5) is 37.6. The SMILES string of the molecule is CC(=O)N1CCN(C(C)C(=O)Nc2cccc([N+](=O)[O-])c2)CC1. The van der Waals surface area contributed by atoms with Gasteiger partial charge in [0.2, 0.25) is 11.8 Å². The van der Waals surface area contributed by atoms with Gasteiger partial charge < -0.3 is 10.2 Å². The summed E-state index contributed by atoms with van der Waals surface area (Å²) in [6.45, 7) is 5.78. The Labute approximate surface area is 134 Å². The highest BCUT2D eigenvalue weighted by atomic mass is 16.6. The lowest BCUT2D eigenvalue weighted by molar-refractivity contribution is -0.384. The van der Waals surface area contributed by atoms with E-state index in [9.17, 15) is 19.7 Å². The van der Waals surface area contributed by atoms with E-state index in [-0.39, 0.29) is 23.5 Å². The molecule has 124 valence electrons. The number of hydrogen-bond donors (Lipinski definition) is 1. The van der Waals surface area contributed by atoms with Crippen LogP contribution in [0.15, 0.2) is 24.3 Å². The van der Waals surface area contributed by atoms with Crippen molar-refractivity contribution in [2.45, 2.75) is 19.9 Å². The van der Waals surface area contributed by atoms with E-state index >= 15 is 0 Å². The van der Waals surface area contributed by atoms with Gasteiger partial charge in [-0.05, 0) is 13.0 Å². The summed E-state index contributed by atoms with van der Waals surface area (Å²) < 4.78 is 0. The average molecular weight is 320 g/mol. The standard InChI is InChI=1S/C15H20N4O4/c1-11(17-6-8-18(9-7-17)12(2)20)15(21)16-13-4-3-5-14(10-13)19(22)23/h3-5,10-11H,6-9H2,1-2H3,(H,16,21). The van der Waals surface area contributed by atoms with E-state index in [4.69, 9.17) is 0 Å². The van der Waals surface area contributed by atoms with Crippen LogP contribution in [-0.4, -0.2) is 58.8 Å². The third kappa shape index (κ3) is 4.26. The van der Waals surface area contributed by atoms with Gasteiger partial charge in [-0.25, -0.2) is 0 Å². The minimum absolute atomic E-state index is 0.0401. The number of hydrogen-bond acceptors (Lipinski definition) is 5. The molecule has 0 aromatic heterocycles. The summed E-state index contributed by atoms with van der Waals surface area (Å²) in [5.74, 6) is -0.180. The molecule has 1 aliphatic heterocycles. The van der Waals surface area contributed by atoms with Crippen molar-refractivity contribution in [1.82, 2.24) is 9.80 Å². The molecule has 8 nitrogen and oxygen atoms in total. The molecule has 8 heteroatoms. The third-order valence-electron chi connectivity index (χ3n) is 4.01. The van der Waals surface area contributed by atoms with E-state index in [1.165, 1.54) is 25.1 Å². The number of non-ortho nitro benzene ring substituents is 1. The number of piperazine rings is 1. The fourth-order valence-electron chi connectivity index (χ4n) is 2.53. The number of nitrogens with zero attached hydrogens (tertiary/aromatic N) is 3. The molecule has 1 aromatic carbocycles. The van der Waals surface area contributed by atoms with E-state index in [0.717, 1.165) is 0 Å². The van der Waals surface area contributed by atoms with Crippen LogP contribution in [-0.2, 0) is 9.59 Å². The van der Waals surface area contributed by atoms with Crippen molar-refractivity contribution >= 4 is 23.2 Å². The second-order valence-corrected chi connectivity index (χ2v) is 5.51. The van der Waals surface area contributed by atoms with Gasteiger partial charge in [0.1, 0.15) is 0 Å². The van der Waals surface area contributed by atoms with Crippen LogP contribution in [0.25, 0.3) is 0 Å².